The first-order valence-electron chi connectivity index (χ1n) is 11.1. The third kappa shape index (κ3) is 5.56. The number of amides is 3. The Kier molecular flexibility index (Phi) is 8.19. The summed E-state index contributed by atoms with van der Waals surface area (Å²) in [4.78, 5) is 44.1. The van der Waals surface area contributed by atoms with E-state index in [1.807, 2.05) is 52.9 Å². The molecule has 1 heterocycles. The molecule has 0 radical (unpaired) electrons. The van der Waals surface area contributed by atoms with E-state index in [0.717, 1.165) is 17.7 Å². The molecule has 1 aromatic rings. The van der Waals surface area contributed by atoms with E-state index in [-0.39, 0.29) is 17.7 Å². The zero-order chi connectivity index (χ0) is 21.5. The van der Waals surface area contributed by atoms with Gasteiger partial charge in [0.05, 0.1) is 11.3 Å². The molecule has 1 aromatic carbocycles. The highest BCUT2D eigenvalue weighted by Crippen LogP contribution is 2.26. The summed E-state index contributed by atoms with van der Waals surface area (Å²) in [5.41, 5.74) is 0.644. The molecular formula is C23H33N3O3S. The lowest BCUT2D eigenvalue weighted by molar-refractivity contribution is -0.132. The monoisotopic (exact) mass is 431 g/mol. The molecule has 164 valence electrons. The first-order valence-corrected chi connectivity index (χ1v) is 12.0. The Balaban J connectivity index is 1.58. The van der Waals surface area contributed by atoms with Crippen molar-refractivity contribution in [3.05, 3.63) is 29.8 Å². The molecule has 2 aliphatic rings. The SMILES string of the molecule is CCC(=O)N1CCN(C(=O)c2ccccc2SCC(=O)N(C)C2CCCCC2)CC1. The topological polar surface area (TPSA) is 60.9 Å². The molecule has 1 aliphatic carbocycles. The van der Waals surface area contributed by atoms with Gasteiger partial charge in [0.1, 0.15) is 0 Å². The van der Waals surface area contributed by atoms with Crippen LogP contribution in [0, 0.1) is 0 Å². The quantitative estimate of drug-likeness (QED) is 0.649. The number of rotatable bonds is 6. The van der Waals surface area contributed by atoms with Gasteiger partial charge in [-0.1, -0.05) is 38.3 Å². The molecule has 0 spiro atoms. The fraction of sp³-hybridized carbons (Fsp3) is 0.609. The molecular weight excluding hydrogens is 398 g/mol. The summed E-state index contributed by atoms with van der Waals surface area (Å²) in [6.45, 7) is 4.12. The molecule has 1 aliphatic heterocycles. The summed E-state index contributed by atoms with van der Waals surface area (Å²) in [5, 5.41) is 0. The van der Waals surface area contributed by atoms with Crippen LogP contribution in [0.5, 0.6) is 0 Å². The Hall–Kier alpha value is -2.02. The fourth-order valence-electron chi connectivity index (χ4n) is 4.24. The number of hydrogen-bond donors (Lipinski definition) is 0. The Bertz CT molecular complexity index is 756. The van der Waals surface area contributed by atoms with Crippen LogP contribution < -0.4 is 0 Å². The van der Waals surface area contributed by atoms with E-state index >= 15 is 0 Å². The Labute approximate surface area is 184 Å². The van der Waals surface area contributed by atoms with Gasteiger partial charge in [-0.3, -0.25) is 14.4 Å². The predicted octanol–water partition coefficient (Wildman–Crippen LogP) is 3.26. The largest absolute Gasteiger partial charge is 0.342 e. The predicted molar refractivity (Wildman–Crippen MR) is 120 cm³/mol. The molecule has 1 saturated carbocycles. The van der Waals surface area contributed by atoms with Crippen LogP contribution in [0.4, 0.5) is 0 Å². The van der Waals surface area contributed by atoms with Crippen molar-refractivity contribution in [3.8, 4) is 0 Å². The maximum Gasteiger partial charge on any atom is 0.255 e. The van der Waals surface area contributed by atoms with Crippen molar-refractivity contribution in [2.45, 2.75) is 56.4 Å². The standard InChI is InChI=1S/C23H33N3O3S/c1-3-21(27)25-13-15-26(16-14-25)23(29)19-11-7-8-12-20(19)30-17-22(28)24(2)18-9-5-4-6-10-18/h7-8,11-12,18H,3-6,9-10,13-17H2,1-2H3. The Morgan fingerprint density at radius 1 is 1.00 bits per heavy atom. The second kappa shape index (κ2) is 10.8. The summed E-state index contributed by atoms with van der Waals surface area (Å²) >= 11 is 1.45. The van der Waals surface area contributed by atoms with Crippen LogP contribution in [-0.2, 0) is 9.59 Å². The van der Waals surface area contributed by atoms with E-state index in [1.165, 1.54) is 31.0 Å². The number of carbonyl (C=O) groups excluding carboxylic acids is 3. The zero-order valence-corrected chi connectivity index (χ0v) is 19.0. The van der Waals surface area contributed by atoms with Crippen LogP contribution in [0.3, 0.4) is 0 Å². The van der Waals surface area contributed by atoms with Gasteiger partial charge in [-0.2, -0.15) is 0 Å². The average molecular weight is 432 g/mol. The van der Waals surface area contributed by atoms with Gasteiger partial charge in [0.25, 0.3) is 5.91 Å². The molecule has 0 aromatic heterocycles. The van der Waals surface area contributed by atoms with Gasteiger partial charge in [0.15, 0.2) is 0 Å². The Morgan fingerprint density at radius 3 is 2.30 bits per heavy atom. The van der Waals surface area contributed by atoms with Crippen molar-refractivity contribution in [2.24, 2.45) is 0 Å². The van der Waals surface area contributed by atoms with Crippen molar-refractivity contribution in [3.63, 3.8) is 0 Å². The summed E-state index contributed by atoms with van der Waals surface area (Å²) in [5.74, 6) is 0.588. The maximum atomic E-state index is 13.1. The number of thioether (sulfide) groups is 1. The first-order chi connectivity index (χ1) is 14.5. The molecule has 0 bridgehead atoms. The molecule has 1 saturated heterocycles. The van der Waals surface area contributed by atoms with E-state index < -0.39 is 0 Å². The summed E-state index contributed by atoms with van der Waals surface area (Å²) in [6.07, 6.45) is 6.34. The molecule has 0 atom stereocenters. The number of benzene rings is 1. The van der Waals surface area contributed by atoms with E-state index in [0.29, 0.717) is 50.0 Å². The van der Waals surface area contributed by atoms with Gasteiger partial charge in [-0.15, -0.1) is 11.8 Å². The summed E-state index contributed by atoms with van der Waals surface area (Å²) in [7, 11) is 1.91. The van der Waals surface area contributed by atoms with Crippen molar-refractivity contribution in [1.82, 2.24) is 14.7 Å². The minimum Gasteiger partial charge on any atom is -0.342 e. The molecule has 0 N–H and O–H groups in total. The maximum absolute atomic E-state index is 13.1. The minimum absolute atomic E-state index is 0.0187. The van der Waals surface area contributed by atoms with Crippen LogP contribution in [0.2, 0.25) is 0 Å². The van der Waals surface area contributed by atoms with Gasteiger partial charge in [0, 0.05) is 50.6 Å². The van der Waals surface area contributed by atoms with Gasteiger partial charge in [-0.25, -0.2) is 0 Å². The number of carbonyl (C=O) groups is 3. The molecule has 30 heavy (non-hydrogen) atoms. The summed E-state index contributed by atoms with van der Waals surface area (Å²) in [6, 6.07) is 7.88. The van der Waals surface area contributed by atoms with Gasteiger partial charge >= 0.3 is 0 Å². The number of nitrogens with zero attached hydrogens (tertiary/aromatic N) is 3. The van der Waals surface area contributed by atoms with Crippen LogP contribution in [0.1, 0.15) is 55.8 Å². The Morgan fingerprint density at radius 2 is 1.63 bits per heavy atom. The normalized spacial score (nSPS) is 17.7. The van der Waals surface area contributed by atoms with Crippen molar-refractivity contribution in [2.75, 3.05) is 39.0 Å². The highest BCUT2D eigenvalue weighted by molar-refractivity contribution is 8.00. The smallest absolute Gasteiger partial charge is 0.255 e. The molecule has 3 rings (SSSR count). The average Bonchev–Trinajstić information content (AvgIpc) is 2.82. The highest BCUT2D eigenvalue weighted by Gasteiger charge is 2.26. The van der Waals surface area contributed by atoms with Crippen molar-refractivity contribution >= 4 is 29.5 Å². The zero-order valence-electron chi connectivity index (χ0n) is 18.1. The highest BCUT2D eigenvalue weighted by atomic mass is 32.2. The van der Waals surface area contributed by atoms with Crippen molar-refractivity contribution in [1.29, 1.82) is 0 Å². The lowest BCUT2D eigenvalue weighted by Crippen LogP contribution is -2.50. The first kappa shape index (κ1) is 22.7. The van der Waals surface area contributed by atoms with Crippen LogP contribution in [0.25, 0.3) is 0 Å². The van der Waals surface area contributed by atoms with E-state index in [1.54, 1.807) is 0 Å². The van der Waals surface area contributed by atoms with Crippen molar-refractivity contribution < 1.29 is 14.4 Å². The second-order valence-corrected chi connectivity index (χ2v) is 9.13. The number of hydrogen-bond acceptors (Lipinski definition) is 4. The minimum atomic E-state index is -0.0187. The van der Waals surface area contributed by atoms with Gasteiger partial charge in [0.2, 0.25) is 11.8 Å². The fourth-order valence-corrected chi connectivity index (χ4v) is 5.20. The lowest BCUT2D eigenvalue weighted by atomic mass is 9.94. The van der Waals surface area contributed by atoms with E-state index in [9.17, 15) is 14.4 Å². The second-order valence-electron chi connectivity index (χ2n) is 8.11. The molecule has 2 fully saturated rings. The molecule has 3 amide bonds. The van der Waals surface area contributed by atoms with Gasteiger partial charge < -0.3 is 14.7 Å². The van der Waals surface area contributed by atoms with E-state index in [2.05, 4.69) is 0 Å². The number of piperazine rings is 1. The summed E-state index contributed by atoms with van der Waals surface area (Å²) < 4.78 is 0. The van der Waals surface area contributed by atoms with Gasteiger partial charge in [-0.05, 0) is 25.0 Å². The van der Waals surface area contributed by atoms with E-state index in [4.69, 9.17) is 0 Å². The molecule has 6 nitrogen and oxygen atoms in total. The van der Waals surface area contributed by atoms with Crippen LogP contribution in [0.15, 0.2) is 29.2 Å². The van der Waals surface area contributed by atoms with Crippen LogP contribution >= 0.6 is 11.8 Å². The molecule has 7 heteroatoms. The third-order valence-electron chi connectivity index (χ3n) is 6.21. The third-order valence-corrected chi connectivity index (χ3v) is 7.26. The van der Waals surface area contributed by atoms with Crippen LogP contribution in [-0.4, -0.2) is 77.4 Å². The molecule has 0 unspecified atom stereocenters. The lowest BCUT2D eigenvalue weighted by Gasteiger charge is -2.35.